The van der Waals surface area contributed by atoms with Gasteiger partial charge in [-0.1, -0.05) is 30.3 Å². The molecule has 0 radical (unpaired) electrons. The summed E-state index contributed by atoms with van der Waals surface area (Å²) in [7, 11) is 1.57. The number of methoxy groups -OCH3 is 1. The predicted molar refractivity (Wildman–Crippen MR) is 103 cm³/mol. The molecule has 0 spiro atoms. The predicted octanol–water partition coefficient (Wildman–Crippen LogP) is 3.36. The summed E-state index contributed by atoms with van der Waals surface area (Å²) in [5.41, 5.74) is 2.64. The Labute approximate surface area is 156 Å². The average molecular weight is 367 g/mol. The van der Waals surface area contributed by atoms with Crippen molar-refractivity contribution in [3.8, 4) is 0 Å². The van der Waals surface area contributed by atoms with Crippen LogP contribution in [0.1, 0.15) is 23.5 Å². The molecule has 7 heteroatoms. The van der Waals surface area contributed by atoms with Gasteiger partial charge in [-0.2, -0.15) is 0 Å². The molecule has 1 heterocycles. The number of nitro benzene ring substituents is 1. The summed E-state index contributed by atoms with van der Waals surface area (Å²) in [6.07, 6.45) is 2.06. The number of amides is 1. The molecule has 0 aliphatic heterocycles. The third-order valence-electron chi connectivity index (χ3n) is 4.50. The largest absolute Gasteiger partial charge is 0.383 e. The quantitative estimate of drug-likeness (QED) is 0.362. The first-order valence-corrected chi connectivity index (χ1v) is 8.66. The average Bonchev–Trinajstić information content (AvgIpc) is 3.10. The molecule has 0 fully saturated rings. The van der Waals surface area contributed by atoms with E-state index >= 15 is 0 Å². The highest BCUT2D eigenvalue weighted by molar-refractivity contribution is 5.86. The molecule has 0 unspecified atom stereocenters. The van der Waals surface area contributed by atoms with Gasteiger partial charge >= 0.3 is 0 Å². The number of carbonyl (C=O) groups is 1. The fraction of sp³-hybridized carbons (Fsp3) is 0.250. The molecule has 3 aromatic rings. The Balaban J connectivity index is 1.97. The minimum absolute atomic E-state index is 0.0112. The lowest BCUT2D eigenvalue weighted by molar-refractivity contribution is -0.384. The lowest BCUT2D eigenvalue weighted by atomic mass is 9.87. The molecule has 3 rings (SSSR count). The fourth-order valence-corrected chi connectivity index (χ4v) is 3.19. The van der Waals surface area contributed by atoms with Crippen LogP contribution >= 0.6 is 0 Å². The molecule has 0 saturated heterocycles. The van der Waals surface area contributed by atoms with E-state index < -0.39 is 4.92 Å². The highest BCUT2D eigenvalue weighted by Crippen LogP contribution is 2.34. The molecule has 0 aliphatic rings. The van der Waals surface area contributed by atoms with Crippen molar-refractivity contribution in [3.05, 3.63) is 76.0 Å². The first kappa shape index (κ1) is 18.6. The number of benzene rings is 2. The number of para-hydroxylation sites is 1. The second kappa shape index (κ2) is 8.46. The second-order valence-electron chi connectivity index (χ2n) is 6.24. The summed E-state index contributed by atoms with van der Waals surface area (Å²) in [5.74, 6) is -0.433. The van der Waals surface area contributed by atoms with Crippen LogP contribution in [0.5, 0.6) is 0 Å². The highest BCUT2D eigenvalue weighted by Gasteiger charge is 2.23. The van der Waals surface area contributed by atoms with Gasteiger partial charge in [0.15, 0.2) is 0 Å². The summed E-state index contributed by atoms with van der Waals surface area (Å²) < 4.78 is 4.96. The van der Waals surface area contributed by atoms with Crippen LogP contribution in [0.4, 0.5) is 5.69 Å². The third-order valence-corrected chi connectivity index (χ3v) is 4.50. The van der Waals surface area contributed by atoms with Crippen LogP contribution in [-0.2, 0) is 9.53 Å². The van der Waals surface area contributed by atoms with Crippen molar-refractivity contribution in [1.82, 2.24) is 10.3 Å². The van der Waals surface area contributed by atoms with Crippen LogP contribution in [-0.4, -0.2) is 36.1 Å². The van der Waals surface area contributed by atoms with Crippen LogP contribution in [0.3, 0.4) is 0 Å². The number of nitrogens with zero attached hydrogens (tertiary/aromatic N) is 1. The molecule has 27 heavy (non-hydrogen) atoms. The van der Waals surface area contributed by atoms with Crippen molar-refractivity contribution in [2.24, 2.45) is 0 Å². The number of ether oxygens (including phenoxy) is 1. The normalized spacial score (nSPS) is 12.0. The third kappa shape index (κ3) is 4.32. The molecular formula is C20H21N3O4. The number of nitrogens with one attached hydrogen (secondary N) is 2. The lowest BCUT2D eigenvalue weighted by Crippen LogP contribution is -2.28. The van der Waals surface area contributed by atoms with E-state index in [9.17, 15) is 14.9 Å². The van der Waals surface area contributed by atoms with Gasteiger partial charge in [-0.25, -0.2) is 0 Å². The molecule has 0 bridgehead atoms. The van der Waals surface area contributed by atoms with Gasteiger partial charge in [0.25, 0.3) is 5.69 Å². The van der Waals surface area contributed by atoms with E-state index in [-0.39, 0.29) is 23.9 Å². The summed E-state index contributed by atoms with van der Waals surface area (Å²) >= 11 is 0. The van der Waals surface area contributed by atoms with Crippen molar-refractivity contribution in [2.75, 3.05) is 20.3 Å². The molecule has 140 valence electrons. The van der Waals surface area contributed by atoms with Gasteiger partial charge in [0.1, 0.15) is 0 Å². The number of fused-ring (bicyclic) bond motifs is 1. The van der Waals surface area contributed by atoms with Crippen LogP contribution in [0.15, 0.2) is 54.7 Å². The number of aromatic amines is 1. The van der Waals surface area contributed by atoms with Gasteiger partial charge in [-0.3, -0.25) is 14.9 Å². The number of nitro groups is 1. The zero-order valence-corrected chi connectivity index (χ0v) is 15.0. The number of hydrogen-bond donors (Lipinski definition) is 2. The van der Waals surface area contributed by atoms with Gasteiger partial charge in [0, 0.05) is 55.2 Å². The van der Waals surface area contributed by atoms with E-state index in [1.807, 2.05) is 36.5 Å². The van der Waals surface area contributed by atoms with Crippen molar-refractivity contribution in [1.29, 1.82) is 0 Å². The van der Waals surface area contributed by atoms with Crippen molar-refractivity contribution in [2.45, 2.75) is 12.3 Å². The van der Waals surface area contributed by atoms with Gasteiger partial charge in [0.05, 0.1) is 11.5 Å². The molecule has 1 amide bonds. The summed E-state index contributed by atoms with van der Waals surface area (Å²) in [6, 6.07) is 14.3. The number of non-ortho nitro benzene ring substituents is 1. The van der Waals surface area contributed by atoms with E-state index in [2.05, 4.69) is 10.3 Å². The molecule has 1 atom stereocenters. The zero-order chi connectivity index (χ0) is 19.2. The Morgan fingerprint density at radius 3 is 2.85 bits per heavy atom. The van der Waals surface area contributed by atoms with Crippen molar-refractivity contribution >= 4 is 22.5 Å². The Hall–Kier alpha value is -3.19. The Kier molecular flexibility index (Phi) is 5.83. The van der Waals surface area contributed by atoms with E-state index in [4.69, 9.17) is 4.74 Å². The number of carbonyl (C=O) groups excluding carboxylic acids is 1. The molecule has 2 N–H and O–H groups in total. The van der Waals surface area contributed by atoms with E-state index in [0.29, 0.717) is 13.2 Å². The highest BCUT2D eigenvalue weighted by atomic mass is 16.6. The van der Waals surface area contributed by atoms with Gasteiger partial charge in [-0.05, 0) is 17.2 Å². The van der Waals surface area contributed by atoms with Gasteiger partial charge in [-0.15, -0.1) is 0 Å². The first-order valence-electron chi connectivity index (χ1n) is 8.66. The maximum atomic E-state index is 12.4. The summed E-state index contributed by atoms with van der Waals surface area (Å²) in [6.45, 7) is 0.852. The van der Waals surface area contributed by atoms with Crippen LogP contribution < -0.4 is 5.32 Å². The Morgan fingerprint density at radius 2 is 2.07 bits per heavy atom. The minimum Gasteiger partial charge on any atom is -0.383 e. The molecule has 0 aliphatic carbocycles. The van der Waals surface area contributed by atoms with E-state index in [1.54, 1.807) is 13.2 Å². The molecule has 0 saturated carbocycles. The second-order valence-corrected chi connectivity index (χ2v) is 6.24. The molecular weight excluding hydrogens is 346 g/mol. The van der Waals surface area contributed by atoms with Crippen molar-refractivity contribution < 1.29 is 14.5 Å². The lowest BCUT2D eigenvalue weighted by Gasteiger charge is -2.17. The standard InChI is InChI=1S/C20H21N3O4/c1-27-10-9-21-20(24)12-17(14-5-4-6-15(11-14)23(25)26)18-13-22-19-8-3-2-7-16(18)19/h2-8,11,13,17,22H,9-10,12H2,1H3,(H,21,24)/t17-/m1/s1. The Bertz CT molecular complexity index is 951. The first-order chi connectivity index (χ1) is 13.1. The number of aromatic nitrogens is 1. The number of H-pyrrole nitrogens is 1. The Morgan fingerprint density at radius 1 is 1.26 bits per heavy atom. The fourth-order valence-electron chi connectivity index (χ4n) is 3.19. The zero-order valence-electron chi connectivity index (χ0n) is 15.0. The van der Waals surface area contributed by atoms with Gasteiger partial charge < -0.3 is 15.0 Å². The smallest absolute Gasteiger partial charge is 0.269 e. The van der Waals surface area contributed by atoms with Crippen LogP contribution in [0.25, 0.3) is 10.9 Å². The summed E-state index contributed by atoms with van der Waals surface area (Å²) in [5, 5.41) is 15.0. The number of hydrogen-bond acceptors (Lipinski definition) is 4. The SMILES string of the molecule is COCCNC(=O)C[C@H](c1cccc([N+](=O)[O-])c1)c1c[nH]c2ccccc12. The summed E-state index contributed by atoms with van der Waals surface area (Å²) in [4.78, 5) is 26.4. The van der Waals surface area contributed by atoms with Crippen LogP contribution in [0.2, 0.25) is 0 Å². The van der Waals surface area contributed by atoms with Gasteiger partial charge in [0.2, 0.25) is 5.91 Å². The monoisotopic (exact) mass is 367 g/mol. The van der Waals surface area contributed by atoms with Crippen LogP contribution in [0, 0.1) is 10.1 Å². The topological polar surface area (TPSA) is 97.3 Å². The molecule has 7 nitrogen and oxygen atoms in total. The maximum Gasteiger partial charge on any atom is 0.269 e. The maximum absolute atomic E-state index is 12.4. The van der Waals surface area contributed by atoms with E-state index in [0.717, 1.165) is 22.0 Å². The minimum atomic E-state index is -0.422. The molecule has 2 aromatic carbocycles. The molecule has 1 aromatic heterocycles. The number of rotatable bonds is 8. The van der Waals surface area contributed by atoms with E-state index in [1.165, 1.54) is 12.1 Å². The van der Waals surface area contributed by atoms with Crippen molar-refractivity contribution in [3.63, 3.8) is 0 Å².